The second-order valence-corrected chi connectivity index (χ2v) is 6.67. The Labute approximate surface area is 159 Å². The molecule has 3 heterocycles. The van der Waals surface area contributed by atoms with Gasteiger partial charge in [0.05, 0.1) is 22.6 Å². The number of halogens is 1. The van der Waals surface area contributed by atoms with E-state index >= 15 is 0 Å². The van der Waals surface area contributed by atoms with Crippen LogP contribution in [0.15, 0.2) is 52.9 Å². The van der Waals surface area contributed by atoms with E-state index in [4.69, 9.17) is 16.0 Å². The topological polar surface area (TPSA) is 85.8 Å². The summed E-state index contributed by atoms with van der Waals surface area (Å²) in [6, 6.07) is 5.15. The molecular formula is C17H16ClN5O2S. The number of furan rings is 1. The molecule has 0 radical (unpaired) electrons. The van der Waals surface area contributed by atoms with Gasteiger partial charge in [-0.15, -0.1) is 16.8 Å². The van der Waals surface area contributed by atoms with Crippen LogP contribution in [0.3, 0.4) is 0 Å². The highest BCUT2D eigenvalue weighted by Gasteiger charge is 2.17. The van der Waals surface area contributed by atoms with E-state index in [0.717, 1.165) is 11.3 Å². The van der Waals surface area contributed by atoms with Gasteiger partial charge in [-0.3, -0.25) is 9.36 Å². The van der Waals surface area contributed by atoms with Gasteiger partial charge in [-0.05, 0) is 25.1 Å². The number of carbonyl (C=O) groups excluding carboxylic acids is 1. The fourth-order valence-corrected chi connectivity index (χ4v) is 3.12. The van der Waals surface area contributed by atoms with E-state index in [1.54, 1.807) is 24.5 Å². The third kappa shape index (κ3) is 4.14. The Balaban J connectivity index is 1.70. The molecule has 0 aliphatic rings. The summed E-state index contributed by atoms with van der Waals surface area (Å²) in [5.74, 6) is 1.86. The molecule has 0 aliphatic heterocycles. The number of aromatic nitrogens is 4. The van der Waals surface area contributed by atoms with Crippen molar-refractivity contribution in [1.29, 1.82) is 0 Å². The highest BCUT2D eigenvalue weighted by molar-refractivity contribution is 7.99. The first-order chi connectivity index (χ1) is 12.6. The van der Waals surface area contributed by atoms with E-state index in [1.807, 2.05) is 17.6 Å². The lowest BCUT2D eigenvalue weighted by Crippen LogP contribution is -2.15. The first kappa shape index (κ1) is 18.2. The van der Waals surface area contributed by atoms with Crippen LogP contribution in [-0.2, 0) is 11.3 Å². The van der Waals surface area contributed by atoms with Crippen LogP contribution >= 0.6 is 23.4 Å². The van der Waals surface area contributed by atoms with E-state index in [2.05, 4.69) is 27.1 Å². The van der Waals surface area contributed by atoms with Gasteiger partial charge < -0.3 is 9.73 Å². The maximum Gasteiger partial charge on any atom is 0.236 e. The van der Waals surface area contributed by atoms with Gasteiger partial charge in [0.25, 0.3) is 0 Å². The van der Waals surface area contributed by atoms with Crippen LogP contribution in [0.4, 0.5) is 5.82 Å². The smallest absolute Gasteiger partial charge is 0.236 e. The Morgan fingerprint density at radius 3 is 2.92 bits per heavy atom. The molecule has 0 saturated heterocycles. The fraction of sp³-hybridized carbons (Fsp3) is 0.176. The number of thioether (sulfide) groups is 1. The molecule has 0 spiro atoms. The molecule has 3 aromatic heterocycles. The van der Waals surface area contributed by atoms with Gasteiger partial charge in [-0.2, -0.15) is 0 Å². The molecular weight excluding hydrogens is 374 g/mol. The maximum atomic E-state index is 12.1. The summed E-state index contributed by atoms with van der Waals surface area (Å²) in [6.45, 7) is 6.16. The van der Waals surface area contributed by atoms with Crippen molar-refractivity contribution in [3.8, 4) is 11.4 Å². The van der Waals surface area contributed by atoms with E-state index in [-0.39, 0.29) is 11.7 Å². The predicted molar refractivity (Wildman–Crippen MR) is 101 cm³/mol. The molecule has 0 unspecified atom stereocenters. The van der Waals surface area contributed by atoms with Crippen molar-refractivity contribution in [1.82, 2.24) is 19.7 Å². The highest BCUT2D eigenvalue weighted by atomic mass is 35.5. The van der Waals surface area contributed by atoms with Gasteiger partial charge in [-0.1, -0.05) is 29.4 Å². The normalized spacial score (nSPS) is 10.7. The number of nitrogens with zero attached hydrogens (tertiary/aromatic N) is 4. The second kappa shape index (κ2) is 8.20. The quantitative estimate of drug-likeness (QED) is 0.488. The van der Waals surface area contributed by atoms with Crippen molar-refractivity contribution in [3.63, 3.8) is 0 Å². The molecule has 0 atom stereocenters. The average molecular weight is 390 g/mol. The molecule has 0 aromatic carbocycles. The van der Waals surface area contributed by atoms with E-state index < -0.39 is 0 Å². The number of aryl methyl sites for hydroxylation is 1. The molecule has 134 valence electrons. The number of carbonyl (C=O) groups is 1. The minimum atomic E-state index is -0.195. The van der Waals surface area contributed by atoms with E-state index in [1.165, 1.54) is 18.0 Å². The van der Waals surface area contributed by atoms with Crippen molar-refractivity contribution in [3.05, 3.63) is 54.1 Å². The molecule has 0 aliphatic carbocycles. The lowest BCUT2D eigenvalue weighted by molar-refractivity contribution is -0.113. The second-order valence-electron chi connectivity index (χ2n) is 5.29. The number of amides is 1. The van der Waals surface area contributed by atoms with Crippen molar-refractivity contribution >= 4 is 35.1 Å². The molecule has 26 heavy (non-hydrogen) atoms. The first-order valence-electron chi connectivity index (χ1n) is 7.71. The van der Waals surface area contributed by atoms with Gasteiger partial charge in [0.2, 0.25) is 5.91 Å². The van der Waals surface area contributed by atoms with Crippen LogP contribution in [0.25, 0.3) is 11.4 Å². The van der Waals surface area contributed by atoms with Crippen LogP contribution in [0.2, 0.25) is 5.02 Å². The maximum absolute atomic E-state index is 12.1. The largest absolute Gasteiger partial charge is 0.469 e. The summed E-state index contributed by atoms with van der Waals surface area (Å²) in [5, 5.41) is 12.3. The van der Waals surface area contributed by atoms with Crippen LogP contribution in [0.5, 0.6) is 0 Å². The molecule has 0 bridgehead atoms. The summed E-state index contributed by atoms with van der Waals surface area (Å²) in [7, 11) is 0. The highest BCUT2D eigenvalue weighted by Crippen LogP contribution is 2.27. The molecule has 7 nitrogen and oxygen atoms in total. The fourth-order valence-electron chi connectivity index (χ4n) is 2.26. The molecule has 9 heteroatoms. The lowest BCUT2D eigenvalue weighted by atomic mass is 10.2. The Bertz CT molecular complexity index is 920. The molecule has 1 amide bonds. The van der Waals surface area contributed by atoms with Gasteiger partial charge in [0.1, 0.15) is 11.6 Å². The Kier molecular flexibility index (Phi) is 5.75. The van der Waals surface area contributed by atoms with Crippen molar-refractivity contribution in [2.45, 2.75) is 18.6 Å². The van der Waals surface area contributed by atoms with Crippen LogP contribution in [-0.4, -0.2) is 31.4 Å². The Hall–Kier alpha value is -2.58. The third-order valence-electron chi connectivity index (χ3n) is 3.46. The van der Waals surface area contributed by atoms with Crippen LogP contribution in [0, 0.1) is 6.92 Å². The number of pyridine rings is 1. The van der Waals surface area contributed by atoms with Gasteiger partial charge in [0, 0.05) is 12.7 Å². The summed E-state index contributed by atoms with van der Waals surface area (Å²) < 4.78 is 7.23. The summed E-state index contributed by atoms with van der Waals surface area (Å²) in [6.07, 6.45) is 4.84. The standard InChI is InChI=1S/C17H16ClN5O2S/c1-3-7-23-16(13-6-8-25-11(13)2)21-22-17(23)26-10-15(24)20-14-5-4-12(18)9-19-14/h3-6,8-9H,1,7,10H2,2H3,(H,19,20,24). The number of hydrogen-bond donors (Lipinski definition) is 1. The van der Waals surface area contributed by atoms with Crippen molar-refractivity contribution in [2.75, 3.05) is 11.1 Å². The predicted octanol–water partition coefficient (Wildman–Crippen LogP) is 3.81. The zero-order valence-corrected chi connectivity index (χ0v) is 15.5. The van der Waals surface area contributed by atoms with Gasteiger partial charge >= 0.3 is 0 Å². The number of allylic oxidation sites excluding steroid dienone is 1. The number of hydrogen-bond acceptors (Lipinski definition) is 6. The third-order valence-corrected chi connectivity index (χ3v) is 4.65. The van der Waals surface area contributed by atoms with Gasteiger partial charge in [-0.25, -0.2) is 4.98 Å². The molecule has 3 aromatic rings. The molecule has 1 N–H and O–H groups in total. The monoisotopic (exact) mass is 389 g/mol. The lowest BCUT2D eigenvalue weighted by Gasteiger charge is -2.07. The van der Waals surface area contributed by atoms with Crippen molar-refractivity contribution < 1.29 is 9.21 Å². The number of anilines is 1. The summed E-state index contributed by atoms with van der Waals surface area (Å²) in [5.41, 5.74) is 0.862. The zero-order chi connectivity index (χ0) is 18.5. The van der Waals surface area contributed by atoms with Crippen LogP contribution in [0.1, 0.15) is 5.76 Å². The van der Waals surface area contributed by atoms with Crippen molar-refractivity contribution in [2.24, 2.45) is 0 Å². The van der Waals surface area contributed by atoms with Gasteiger partial charge in [0.15, 0.2) is 11.0 Å². The van der Waals surface area contributed by atoms with E-state index in [0.29, 0.717) is 28.4 Å². The Morgan fingerprint density at radius 1 is 1.42 bits per heavy atom. The van der Waals surface area contributed by atoms with E-state index in [9.17, 15) is 4.79 Å². The SMILES string of the molecule is C=CCn1c(SCC(=O)Nc2ccc(Cl)cn2)nnc1-c1ccoc1C. The Morgan fingerprint density at radius 2 is 2.27 bits per heavy atom. The summed E-state index contributed by atoms with van der Waals surface area (Å²) >= 11 is 7.07. The number of nitrogens with one attached hydrogen (secondary N) is 1. The summed E-state index contributed by atoms with van der Waals surface area (Å²) in [4.78, 5) is 16.2. The minimum absolute atomic E-state index is 0.171. The zero-order valence-electron chi connectivity index (χ0n) is 14.0. The first-order valence-corrected chi connectivity index (χ1v) is 9.07. The minimum Gasteiger partial charge on any atom is -0.469 e. The number of rotatable bonds is 7. The molecule has 3 rings (SSSR count). The molecule has 0 saturated carbocycles. The average Bonchev–Trinajstić information content (AvgIpc) is 3.21. The van der Waals surface area contributed by atoms with Crippen LogP contribution < -0.4 is 5.32 Å². The molecule has 0 fully saturated rings.